The average Bonchev–Trinajstić information content (AvgIpc) is 3.20. The van der Waals surface area contributed by atoms with Crippen molar-refractivity contribution in [2.24, 2.45) is 0 Å². The van der Waals surface area contributed by atoms with E-state index in [4.69, 9.17) is 14.2 Å². The van der Waals surface area contributed by atoms with Crippen LogP contribution >= 0.6 is 0 Å². The first-order valence-electron chi connectivity index (χ1n) is 9.76. The lowest BCUT2D eigenvalue weighted by Gasteiger charge is -2.15. The molecule has 156 valence electrons. The number of rotatable bonds is 7. The van der Waals surface area contributed by atoms with Crippen molar-refractivity contribution in [2.75, 3.05) is 21.3 Å². The number of hydrogen-bond acceptors (Lipinski definition) is 6. The SMILES string of the molecule is CCCc1nc2c3cc(OC)c(OC)cc3n(Cc3cccc(OC)c3)c(=O)n2n1. The van der Waals surface area contributed by atoms with Gasteiger partial charge in [0.05, 0.1) is 33.4 Å². The highest BCUT2D eigenvalue weighted by molar-refractivity contribution is 5.94. The van der Waals surface area contributed by atoms with Gasteiger partial charge in [-0.1, -0.05) is 19.1 Å². The fourth-order valence-electron chi connectivity index (χ4n) is 3.59. The molecule has 0 atom stereocenters. The minimum Gasteiger partial charge on any atom is -0.497 e. The van der Waals surface area contributed by atoms with Gasteiger partial charge in [0.2, 0.25) is 0 Å². The molecule has 0 aliphatic carbocycles. The number of benzene rings is 2. The van der Waals surface area contributed by atoms with Gasteiger partial charge in [0.15, 0.2) is 23.0 Å². The highest BCUT2D eigenvalue weighted by atomic mass is 16.5. The molecule has 0 amide bonds. The predicted molar refractivity (Wildman–Crippen MR) is 114 cm³/mol. The Morgan fingerprint density at radius 3 is 2.47 bits per heavy atom. The molecule has 0 radical (unpaired) electrons. The molecule has 8 nitrogen and oxygen atoms in total. The third kappa shape index (κ3) is 3.34. The molecule has 0 spiro atoms. The largest absolute Gasteiger partial charge is 0.497 e. The number of fused-ring (bicyclic) bond motifs is 3. The van der Waals surface area contributed by atoms with Gasteiger partial charge in [-0.05, 0) is 30.2 Å². The van der Waals surface area contributed by atoms with E-state index in [2.05, 4.69) is 17.0 Å². The molecular weight excluding hydrogens is 384 g/mol. The molecule has 30 heavy (non-hydrogen) atoms. The van der Waals surface area contributed by atoms with E-state index in [1.165, 1.54) is 4.52 Å². The van der Waals surface area contributed by atoms with Crippen LogP contribution in [0.4, 0.5) is 0 Å². The Balaban J connectivity index is 2.02. The highest BCUT2D eigenvalue weighted by Gasteiger charge is 2.18. The Morgan fingerprint density at radius 1 is 1.00 bits per heavy atom. The molecule has 2 aromatic heterocycles. The lowest BCUT2D eigenvalue weighted by molar-refractivity contribution is 0.355. The monoisotopic (exact) mass is 408 g/mol. The first-order valence-corrected chi connectivity index (χ1v) is 9.76. The van der Waals surface area contributed by atoms with Crippen LogP contribution < -0.4 is 19.9 Å². The minimum absolute atomic E-state index is 0.262. The number of hydrogen-bond donors (Lipinski definition) is 0. The fourth-order valence-corrected chi connectivity index (χ4v) is 3.59. The van der Waals surface area contributed by atoms with E-state index in [0.717, 1.165) is 23.1 Å². The smallest absolute Gasteiger partial charge is 0.351 e. The van der Waals surface area contributed by atoms with Crippen molar-refractivity contribution >= 4 is 16.6 Å². The lowest BCUT2D eigenvalue weighted by Crippen LogP contribution is -2.28. The number of methoxy groups -OCH3 is 3. The van der Waals surface area contributed by atoms with Crippen LogP contribution in [-0.2, 0) is 13.0 Å². The molecule has 2 heterocycles. The maximum absolute atomic E-state index is 13.4. The summed E-state index contributed by atoms with van der Waals surface area (Å²) in [6.07, 6.45) is 1.59. The van der Waals surface area contributed by atoms with E-state index in [1.54, 1.807) is 25.9 Å². The molecule has 4 aromatic rings. The number of aryl methyl sites for hydroxylation is 1. The second-order valence-corrected chi connectivity index (χ2v) is 6.96. The van der Waals surface area contributed by atoms with Crippen molar-refractivity contribution in [3.8, 4) is 17.2 Å². The molecule has 0 fully saturated rings. The van der Waals surface area contributed by atoms with E-state index in [1.807, 2.05) is 36.4 Å². The van der Waals surface area contributed by atoms with Crippen molar-refractivity contribution in [3.05, 3.63) is 58.3 Å². The van der Waals surface area contributed by atoms with Crippen LogP contribution in [0.1, 0.15) is 24.7 Å². The molecule has 2 aromatic carbocycles. The summed E-state index contributed by atoms with van der Waals surface area (Å²) in [5.41, 5.74) is 1.88. The summed E-state index contributed by atoms with van der Waals surface area (Å²) in [5.74, 6) is 2.49. The number of ether oxygens (including phenoxy) is 3. The van der Waals surface area contributed by atoms with Crippen molar-refractivity contribution in [1.82, 2.24) is 19.2 Å². The zero-order valence-corrected chi connectivity index (χ0v) is 17.5. The Hall–Kier alpha value is -3.55. The summed E-state index contributed by atoms with van der Waals surface area (Å²) < 4.78 is 19.3. The molecule has 4 rings (SSSR count). The van der Waals surface area contributed by atoms with Gasteiger partial charge < -0.3 is 14.2 Å². The van der Waals surface area contributed by atoms with Crippen molar-refractivity contribution < 1.29 is 14.2 Å². The number of nitrogens with zero attached hydrogens (tertiary/aromatic N) is 4. The van der Waals surface area contributed by atoms with Crippen molar-refractivity contribution in [3.63, 3.8) is 0 Å². The maximum atomic E-state index is 13.4. The first kappa shape index (κ1) is 19.8. The van der Waals surface area contributed by atoms with Gasteiger partial charge in [-0.2, -0.15) is 4.52 Å². The van der Waals surface area contributed by atoms with E-state index in [0.29, 0.717) is 41.5 Å². The van der Waals surface area contributed by atoms with E-state index in [9.17, 15) is 4.79 Å². The Morgan fingerprint density at radius 2 is 1.77 bits per heavy atom. The van der Waals surface area contributed by atoms with Gasteiger partial charge in [0.25, 0.3) is 0 Å². The lowest BCUT2D eigenvalue weighted by atomic mass is 10.1. The zero-order chi connectivity index (χ0) is 21.3. The summed E-state index contributed by atoms with van der Waals surface area (Å²) in [7, 11) is 4.77. The molecule has 0 aliphatic rings. The molecule has 0 unspecified atom stereocenters. The maximum Gasteiger partial charge on any atom is 0.351 e. The highest BCUT2D eigenvalue weighted by Crippen LogP contribution is 2.33. The standard InChI is InChI=1S/C22H24N4O4/c1-5-7-20-23-21-16-11-18(29-3)19(30-4)12-17(16)25(22(27)26(21)24-20)13-14-8-6-9-15(10-14)28-2/h6,8-12H,5,7,13H2,1-4H3. The molecule has 8 heteroatoms. The fraction of sp³-hybridized carbons (Fsp3) is 0.318. The van der Waals surface area contributed by atoms with Crippen LogP contribution in [0.25, 0.3) is 16.6 Å². The topological polar surface area (TPSA) is 79.9 Å². The van der Waals surface area contributed by atoms with Gasteiger partial charge in [-0.3, -0.25) is 4.57 Å². The van der Waals surface area contributed by atoms with Crippen LogP contribution in [-0.4, -0.2) is 40.5 Å². The van der Waals surface area contributed by atoms with Crippen LogP contribution in [0.5, 0.6) is 17.2 Å². The normalized spacial score (nSPS) is 11.2. The molecule has 0 N–H and O–H groups in total. The van der Waals surface area contributed by atoms with Crippen molar-refractivity contribution in [2.45, 2.75) is 26.3 Å². The van der Waals surface area contributed by atoms with Crippen LogP contribution in [0.2, 0.25) is 0 Å². The van der Waals surface area contributed by atoms with E-state index < -0.39 is 0 Å². The molecule has 0 bridgehead atoms. The van der Waals surface area contributed by atoms with Crippen molar-refractivity contribution in [1.29, 1.82) is 0 Å². The van der Waals surface area contributed by atoms with E-state index in [-0.39, 0.29) is 5.69 Å². The van der Waals surface area contributed by atoms with Crippen LogP contribution in [0.3, 0.4) is 0 Å². The summed E-state index contributed by atoms with van der Waals surface area (Å²) in [6.45, 7) is 2.40. The average molecular weight is 408 g/mol. The van der Waals surface area contributed by atoms with Crippen LogP contribution in [0, 0.1) is 0 Å². The Bertz CT molecular complexity index is 1280. The quantitative estimate of drug-likeness (QED) is 0.468. The summed E-state index contributed by atoms with van der Waals surface area (Å²) in [6, 6.07) is 11.3. The molecule has 0 aliphatic heterocycles. The third-order valence-electron chi connectivity index (χ3n) is 5.05. The Labute approximate surface area is 173 Å². The van der Waals surface area contributed by atoms with E-state index >= 15 is 0 Å². The van der Waals surface area contributed by atoms with Gasteiger partial charge in [0, 0.05) is 17.9 Å². The molecular formula is C22H24N4O4. The minimum atomic E-state index is -0.262. The van der Waals surface area contributed by atoms with Gasteiger partial charge in [0.1, 0.15) is 5.75 Å². The number of aromatic nitrogens is 4. The van der Waals surface area contributed by atoms with Gasteiger partial charge in [-0.15, -0.1) is 5.10 Å². The van der Waals surface area contributed by atoms with Gasteiger partial charge >= 0.3 is 5.69 Å². The summed E-state index contributed by atoms with van der Waals surface area (Å²) in [5, 5.41) is 5.23. The molecule has 0 saturated heterocycles. The second-order valence-electron chi connectivity index (χ2n) is 6.96. The molecule has 0 saturated carbocycles. The van der Waals surface area contributed by atoms with Gasteiger partial charge in [-0.25, -0.2) is 9.78 Å². The first-order chi connectivity index (χ1) is 14.6. The zero-order valence-electron chi connectivity index (χ0n) is 17.5. The van der Waals surface area contributed by atoms with Crippen LogP contribution in [0.15, 0.2) is 41.2 Å². The third-order valence-corrected chi connectivity index (χ3v) is 5.05. The Kier molecular flexibility index (Phi) is 5.31. The second kappa shape index (κ2) is 8.06. The summed E-state index contributed by atoms with van der Waals surface area (Å²) >= 11 is 0. The predicted octanol–water partition coefficient (Wildman–Crippen LogP) is 3.07. The summed E-state index contributed by atoms with van der Waals surface area (Å²) in [4.78, 5) is 18.0.